The SMILES string of the molecule is COc1ccc(N2CC(CC(=O)O)NC2=O)cc1. The largest absolute Gasteiger partial charge is 0.497 e. The summed E-state index contributed by atoms with van der Waals surface area (Å²) < 4.78 is 5.04. The first-order valence-corrected chi connectivity index (χ1v) is 5.54. The first kappa shape index (κ1) is 12.2. The Kier molecular flexibility index (Phi) is 3.36. The molecule has 1 aliphatic rings. The fraction of sp³-hybridized carbons (Fsp3) is 0.333. The Morgan fingerprint density at radius 3 is 2.72 bits per heavy atom. The van der Waals surface area contributed by atoms with E-state index in [0.717, 1.165) is 5.69 Å². The Morgan fingerprint density at radius 1 is 1.50 bits per heavy atom. The molecular weight excluding hydrogens is 236 g/mol. The molecule has 6 nitrogen and oxygen atoms in total. The van der Waals surface area contributed by atoms with E-state index in [4.69, 9.17) is 9.84 Å². The minimum Gasteiger partial charge on any atom is -0.497 e. The molecule has 1 saturated heterocycles. The van der Waals surface area contributed by atoms with Gasteiger partial charge in [-0.2, -0.15) is 0 Å². The molecule has 0 spiro atoms. The lowest BCUT2D eigenvalue weighted by molar-refractivity contribution is -0.137. The molecule has 1 heterocycles. The summed E-state index contributed by atoms with van der Waals surface area (Å²) in [5.74, 6) is -0.211. The van der Waals surface area contributed by atoms with Crippen LogP contribution in [0.15, 0.2) is 24.3 Å². The lowest BCUT2D eigenvalue weighted by atomic mass is 10.2. The van der Waals surface area contributed by atoms with Gasteiger partial charge in [-0.3, -0.25) is 9.69 Å². The summed E-state index contributed by atoms with van der Waals surface area (Å²) in [7, 11) is 1.57. The summed E-state index contributed by atoms with van der Waals surface area (Å²) in [5, 5.41) is 11.3. The molecule has 2 N–H and O–H groups in total. The third-order valence-corrected chi connectivity index (χ3v) is 2.78. The number of nitrogens with one attached hydrogen (secondary N) is 1. The van der Waals surface area contributed by atoms with E-state index in [1.165, 1.54) is 4.90 Å². The number of carbonyl (C=O) groups excluding carboxylic acids is 1. The maximum absolute atomic E-state index is 11.7. The molecule has 2 rings (SSSR count). The summed E-state index contributed by atoms with van der Waals surface area (Å²) in [6, 6.07) is 6.42. The molecule has 0 saturated carbocycles. The highest BCUT2D eigenvalue weighted by molar-refractivity contribution is 5.95. The number of carbonyl (C=O) groups is 2. The van der Waals surface area contributed by atoms with Gasteiger partial charge in [0.1, 0.15) is 5.75 Å². The fourth-order valence-electron chi connectivity index (χ4n) is 1.91. The Hall–Kier alpha value is -2.24. The van der Waals surface area contributed by atoms with Gasteiger partial charge in [-0.25, -0.2) is 4.79 Å². The fourth-order valence-corrected chi connectivity index (χ4v) is 1.91. The van der Waals surface area contributed by atoms with Crippen LogP contribution in [0.3, 0.4) is 0 Å². The Bertz CT molecular complexity index is 458. The average molecular weight is 250 g/mol. The average Bonchev–Trinajstić information content (AvgIpc) is 2.69. The van der Waals surface area contributed by atoms with Gasteiger partial charge in [-0.15, -0.1) is 0 Å². The van der Waals surface area contributed by atoms with E-state index < -0.39 is 5.97 Å². The van der Waals surface area contributed by atoms with E-state index in [-0.39, 0.29) is 18.5 Å². The first-order chi connectivity index (χ1) is 8.60. The number of ether oxygens (including phenoxy) is 1. The van der Waals surface area contributed by atoms with Crippen LogP contribution in [-0.2, 0) is 4.79 Å². The molecule has 1 atom stereocenters. The second-order valence-electron chi connectivity index (χ2n) is 4.05. The van der Waals surface area contributed by atoms with Crippen LogP contribution >= 0.6 is 0 Å². The topological polar surface area (TPSA) is 78.9 Å². The Balaban J connectivity index is 2.08. The van der Waals surface area contributed by atoms with Gasteiger partial charge in [0.2, 0.25) is 0 Å². The van der Waals surface area contributed by atoms with Crippen molar-refractivity contribution in [2.45, 2.75) is 12.5 Å². The molecule has 1 fully saturated rings. The monoisotopic (exact) mass is 250 g/mol. The van der Waals surface area contributed by atoms with Crippen LogP contribution < -0.4 is 15.0 Å². The number of amides is 2. The van der Waals surface area contributed by atoms with E-state index >= 15 is 0 Å². The van der Waals surface area contributed by atoms with Crippen LogP contribution in [0.1, 0.15) is 6.42 Å². The molecule has 0 aliphatic carbocycles. The highest BCUT2D eigenvalue weighted by atomic mass is 16.5. The minimum atomic E-state index is -0.920. The predicted octanol–water partition coefficient (Wildman–Crippen LogP) is 1.07. The molecule has 6 heteroatoms. The van der Waals surface area contributed by atoms with Gasteiger partial charge >= 0.3 is 12.0 Å². The molecule has 1 aliphatic heterocycles. The summed E-state index contributed by atoms with van der Waals surface area (Å²) in [6.45, 7) is 0.359. The molecule has 18 heavy (non-hydrogen) atoms. The molecular formula is C12H14N2O4. The Labute approximate surface area is 104 Å². The van der Waals surface area contributed by atoms with Crippen LogP contribution in [0.25, 0.3) is 0 Å². The molecule has 1 aromatic rings. The zero-order valence-electron chi connectivity index (χ0n) is 9.92. The normalized spacial score (nSPS) is 18.6. The van der Waals surface area contributed by atoms with Gasteiger partial charge in [-0.05, 0) is 24.3 Å². The molecule has 2 amide bonds. The summed E-state index contributed by atoms with van der Waals surface area (Å²) in [4.78, 5) is 23.8. The van der Waals surface area contributed by atoms with Crippen molar-refractivity contribution in [2.75, 3.05) is 18.6 Å². The number of rotatable bonds is 4. The zero-order valence-corrected chi connectivity index (χ0v) is 9.92. The number of hydrogen-bond acceptors (Lipinski definition) is 3. The molecule has 1 unspecified atom stereocenters. The zero-order chi connectivity index (χ0) is 13.1. The minimum absolute atomic E-state index is 0.0710. The van der Waals surface area contributed by atoms with Crippen molar-refractivity contribution < 1.29 is 19.4 Å². The van der Waals surface area contributed by atoms with Crippen molar-refractivity contribution in [2.24, 2.45) is 0 Å². The van der Waals surface area contributed by atoms with Crippen molar-refractivity contribution in [1.29, 1.82) is 0 Å². The maximum Gasteiger partial charge on any atom is 0.322 e. The van der Waals surface area contributed by atoms with Gasteiger partial charge in [0.25, 0.3) is 0 Å². The summed E-state index contributed by atoms with van der Waals surface area (Å²) in [6.07, 6.45) is -0.0710. The van der Waals surface area contributed by atoms with Crippen LogP contribution in [0.5, 0.6) is 5.75 Å². The van der Waals surface area contributed by atoms with E-state index in [2.05, 4.69) is 5.32 Å². The van der Waals surface area contributed by atoms with Gasteiger partial charge in [-0.1, -0.05) is 0 Å². The van der Waals surface area contributed by atoms with Gasteiger partial charge in [0, 0.05) is 12.2 Å². The van der Waals surface area contributed by atoms with E-state index in [9.17, 15) is 9.59 Å². The van der Waals surface area contributed by atoms with Crippen molar-refractivity contribution in [3.05, 3.63) is 24.3 Å². The number of carboxylic acids is 1. The van der Waals surface area contributed by atoms with Crippen molar-refractivity contribution >= 4 is 17.7 Å². The molecule has 0 aromatic heterocycles. The van der Waals surface area contributed by atoms with Gasteiger partial charge in [0.05, 0.1) is 19.6 Å². The number of anilines is 1. The van der Waals surface area contributed by atoms with Crippen LogP contribution in [0.4, 0.5) is 10.5 Å². The van der Waals surface area contributed by atoms with Gasteiger partial charge in [0.15, 0.2) is 0 Å². The summed E-state index contributed by atoms with van der Waals surface area (Å²) in [5.41, 5.74) is 0.723. The lowest BCUT2D eigenvalue weighted by Crippen LogP contribution is -2.29. The molecule has 1 aromatic carbocycles. The lowest BCUT2D eigenvalue weighted by Gasteiger charge is -2.14. The number of hydrogen-bond donors (Lipinski definition) is 2. The second-order valence-corrected chi connectivity index (χ2v) is 4.05. The standard InChI is InChI=1S/C12H14N2O4/c1-18-10-4-2-9(3-5-10)14-7-8(6-11(15)16)13-12(14)17/h2-5,8H,6-7H2,1H3,(H,13,17)(H,15,16). The van der Waals surface area contributed by atoms with Crippen LogP contribution in [-0.4, -0.2) is 36.8 Å². The number of benzene rings is 1. The van der Waals surface area contributed by atoms with Gasteiger partial charge < -0.3 is 15.2 Å². The third kappa shape index (κ3) is 2.53. The number of aliphatic carboxylic acids is 1. The summed E-state index contributed by atoms with van der Waals surface area (Å²) >= 11 is 0. The van der Waals surface area contributed by atoms with E-state index in [0.29, 0.717) is 12.3 Å². The second kappa shape index (κ2) is 4.95. The smallest absolute Gasteiger partial charge is 0.322 e. The van der Waals surface area contributed by atoms with Crippen LogP contribution in [0.2, 0.25) is 0 Å². The number of nitrogens with zero attached hydrogens (tertiary/aromatic N) is 1. The molecule has 96 valence electrons. The number of carboxylic acid groups (broad SMARTS) is 1. The highest BCUT2D eigenvalue weighted by Gasteiger charge is 2.30. The highest BCUT2D eigenvalue weighted by Crippen LogP contribution is 2.22. The van der Waals surface area contributed by atoms with Crippen molar-refractivity contribution in [1.82, 2.24) is 5.32 Å². The van der Waals surface area contributed by atoms with E-state index in [1.54, 1.807) is 31.4 Å². The van der Waals surface area contributed by atoms with Crippen LogP contribution in [0, 0.1) is 0 Å². The first-order valence-electron chi connectivity index (χ1n) is 5.54. The molecule has 0 bridgehead atoms. The van der Waals surface area contributed by atoms with Crippen molar-refractivity contribution in [3.8, 4) is 5.75 Å². The predicted molar refractivity (Wildman–Crippen MR) is 64.9 cm³/mol. The Morgan fingerprint density at radius 2 is 2.17 bits per heavy atom. The number of urea groups is 1. The van der Waals surface area contributed by atoms with E-state index in [1.807, 2.05) is 0 Å². The maximum atomic E-state index is 11.7. The molecule has 0 radical (unpaired) electrons. The number of methoxy groups -OCH3 is 1. The quantitative estimate of drug-likeness (QED) is 0.837. The third-order valence-electron chi connectivity index (χ3n) is 2.78. The van der Waals surface area contributed by atoms with Crippen molar-refractivity contribution in [3.63, 3.8) is 0 Å².